The number of carbonyl (C=O) groups is 1. The molecule has 0 radical (unpaired) electrons. The summed E-state index contributed by atoms with van der Waals surface area (Å²) >= 11 is 0. The van der Waals surface area contributed by atoms with Gasteiger partial charge in [0.1, 0.15) is 11.7 Å². The summed E-state index contributed by atoms with van der Waals surface area (Å²) in [6.45, 7) is 7.36. The molecule has 110 valence electrons. The fraction of sp³-hybridized carbons (Fsp3) is 0.667. The van der Waals surface area contributed by atoms with E-state index in [0.717, 1.165) is 5.57 Å². The Morgan fingerprint density at radius 1 is 1.50 bits per heavy atom. The first-order chi connectivity index (χ1) is 9.28. The van der Waals surface area contributed by atoms with Crippen LogP contribution in [0.4, 0.5) is 0 Å². The van der Waals surface area contributed by atoms with Crippen molar-refractivity contribution < 1.29 is 24.8 Å². The summed E-state index contributed by atoms with van der Waals surface area (Å²) < 4.78 is 5.35. The van der Waals surface area contributed by atoms with Gasteiger partial charge in [0.05, 0.1) is 5.60 Å². The largest absolute Gasteiger partial charge is 0.458 e. The molecular weight excluding hydrogens is 260 g/mol. The molecule has 1 saturated carbocycles. The van der Waals surface area contributed by atoms with Crippen LogP contribution in [-0.2, 0) is 14.4 Å². The van der Waals surface area contributed by atoms with E-state index in [9.17, 15) is 15.2 Å². The van der Waals surface area contributed by atoms with Crippen LogP contribution in [0.5, 0.6) is 0 Å². The number of hydrogen-bond acceptors (Lipinski definition) is 5. The molecule has 3 rings (SSSR count). The Bertz CT molecular complexity index is 506. The number of aliphatic hydroxyl groups is 1. The lowest BCUT2D eigenvalue weighted by Crippen LogP contribution is -2.39. The molecule has 1 aliphatic heterocycles. The maximum absolute atomic E-state index is 11.7. The molecule has 5 atom stereocenters. The van der Waals surface area contributed by atoms with Crippen molar-refractivity contribution in [3.8, 4) is 0 Å². The molecule has 2 fully saturated rings. The van der Waals surface area contributed by atoms with Crippen LogP contribution in [0.15, 0.2) is 23.8 Å². The predicted molar refractivity (Wildman–Crippen MR) is 70.7 cm³/mol. The highest BCUT2D eigenvalue weighted by Gasteiger charge is 2.55. The van der Waals surface area contributed by atoms with Crippen molar-refractivity contribution >= 4 is 5.97 Å². The molecule has 5 heteroatoms. The van der Waals surface area contributed by atoms with Gasteiger partial charge in [-0.15, -0.1) is 0 Å². The molecular formula is C15H20O5. The van der Waals surface area contributed by atoms with E-state index in [1.165, 1.54) is 0 Å². The number of hydrogen-bond donors (Lipinski definition) is 2. The van der Waals surface area contributed by atoms with Gasteiger partial charge < -0.3 is 9.84 Å². The van der Waals surface area contributed by atoms with E-state index < -0.39 is 11.2 Å². The molecule has 20 heavy (non-hydrogen) atoms. The van der Waals surface area contributed by atoms with Crippen LogP contribution in [0.25, 0.3) is 0 Å². The molecule has 0 unspecified atom stereocenters. The zero-order valence-electron chi connectivity index (χ0n) is 11.8. The molecule has 0 aromatic heterocycles. The maximum atomic E-state index is 11.7. The number of fused-ring (bicyclic) bond motifs is 2. The van der Waals surface area contributed by atoms with E-state index in [-0.39, 0.29) is 23.9 Å². The van der Waals surface area contributed by atoms with Crippen LogP contribution in [-0.4, -0.2) is 33.6 Å². The Labute approximate surface area is 117 Å². The quantitative estimate of drug-likeness (QED) is 0.252. The summed E-state index contributed by atoms with van der Waals surface area (Å²) in [6, 6.07) is 0. The molecule has 0 amide bonds. The van der Waals surface area contributed by atoms with Gasteiger partial charge in [-0.2, -0.15) is 0 Å². The second-order valence-corrected chi connectivity index (χ2v) is 6.61. The SMILES string of the molecule is C=C1C(=O)O[C@H]2C[C@@](C)(OO)C3=CC[C@@](C)(O)[C@H]3C[C@@H]12. The van der Waals surface area contributed by atoms with Gasteiger partial charge in [-0.25, -0.2) is 9.68 Å². The van der Waals surface area contributed by atoms with Crippen molar-refractivity contribution in [3.63, 3.8) is 0 Å². The predicted octanol–water partition coefficient (Wildman–Crippen LogP) is 1.82. The maximum Gasteiger partial charge on any atom is 0.334 e. The van der Waals surface area contributed by atoms with E-state index >= 15 is 0 Å². The molecule has 5 nitrogen and oxygen atoms in total. The van der Waals surface area contributed by atoms with Crippen molar-refractivity contribution in [2.45, 2.75) is 50.4 Å². The molecule has 1 saturated heterocycles. The van der Waals surface area contributed by atoms with Crippen molar-refractivity contribution in [2.75, 3.05) is 0 Å². The summed E-state index contributed by atoms with van der Waals surface area (Å²) in [5.41, 5.74) is -0.478. The molecule has 1 heterocycles. The third-order valence-electron chi connectivity index (χ3n) is 5.17. The smallest absolute Gasteiger partial charge is 0.334 e. The Balaban J connectivity index is 2.03. The fourth-order valence-electron chi connectivity index (χ4n) is 3.90. The summed E-state index contributed by atoms with van der Waals surface area (Å²) in [6.07, 6.45) is 3.07. The van der Waals surface area contributed by atoms with Gasteiger partial charge >= 0.3 is 5.97 Å². The number of ether oxygens (including phenoxy) is 1. The molecule has 2 N–H and O–H groups in total. The molecule has 0 aromatic carbocycles. The number of carbonyl (C=O) groups excluding carboxylic acids is 1. The lowest BCUT2D eigenvalue weighted by molar-refractivity contribution is -0.312. The van der Waals surface area contributed by atoms with Crippen molar-refractivity contribution in [3.05, 3.63) is 23.8 Å². The van der Waals surface area contributed by atoms with Gasteiger partial charge in [0.2, 0.25) is 0 Å². The third kappa shape index (κ3) is 1.77. The minimum atomic E-state index is -0.935. The highest BCUT2D eigenvalue weighted by Crippen LogP contribution is 2.52. The van der Waals surface area contributed by atoms with E-state index in [4.69, 9.17) is 9.62 Å². The van der Waals surface area contributed by atoms with Crippen molar-refractivity contribution in [2.24, 2.45) is 11.8 Å². The second kappa shape index (κ2) is 4.16. The van der Waals surface area contributed by atoms with E-state index in [1.54, 1.807) is 13.8 Å². The monoisotopic (exact) mass is 280 g/mol. The summed E-state index contributed by atoms with van der Waals surface area (Å²) in [5, 5.41) is 19.9. The van der Waals surface area contributed by atoms with Gasteiger partial charge in [-0.3, -0.25) is 5.26 Å². The van der Waals surface area contributed by atoms with Gasteiger partial charge in [0.25, 0.3) is 0 Å². The van der Waals surface area contributed by atoms with Gasteiger partial charge in [-0.1, -0.05) is 12.7 Å². The normalized spacial score (nSPS) is 47.4. The van der Waals surface area contributed by atoms with Crippen LogP contribution in [0.1, 0.15) is 33.1 Å². The zero-order valence-corrected chi connectivity index (χ0v) is 11.8. The first-order valence-electron chi connectivity index (χ1n) is 6.94. The first kappa shape index (κ1) is 13.8. The van der Waals surface area contributed by atoms with Crippen LogP contribution < -0.4 is 0 Å². The number of rotatable bonds is 1. The lowest BCUT2D eigenvalue weighted by Gasteiger charge is -2.34. The Hall–Kier alpha value is -1.17. The average Bonchev–Trinajstić information content (AvgIpc) is 2.76. The van der Waals surface area contributed by atoms with Crippen molar-refractivity contribution in [1.82, 2.24) is 0 Å². The Kier molecular flexibility index (Phi) is 2.87. The zero-order chi connectivity index (χ0) is 14.7. The minimum Gasteiger partial charge on any atom is -0.458 e. The van der Waals surface area contributed by atoms with Crippen LogP contribution in [0.3, 0.4) is 0 Å². The third-order valence-corrected chi connectivity index (χ3v) is 5.17. The summed E-state index contributed by atoms with van der Waals surface area (Å²) in [5.74, 6) is -0.677. The Morgan fingerprint density at radius 3 is 2.85 bits per heavy atom. The highest BCUT2D eigenvalue weighted by atomic mass is 17.1. The highest BCUT2D eigenvalue weighted by molar-refractivity contribution is 5.90. The molecule has 0 bridgehead atoms. The molecule has 0 aromatic rings. The summed E-state index contributed by atoms with van der Waals surface area (Å²) in [7, 11) is 0. The van der Waals surface area contributed by atoms with E-state index in [0.29, 0.717) is 24.8 Å². The molecule has 3 aliphatic rings. The standard InChI is InChI=1S/C15H20O5/c1-8-9-6-11-10(4-5-14(11,2)17)15(3,20-18)7-12(9)19-13(8)16/h4,9,11-12,17-18H,1,5-7H2,2-3H3/t9-,11-,12-,14+,15+/m0/s1. The van der Waals surface area contributed by atoms with Crippen LogP contribution >= 0.6 is 0 Å². The van der Waals surface area contributed by atoms with Gasteiger partial charge in [-0.05, 0) is 32.3 Å². The van der Waals surface area contributed by atoms with Gasteiger partial charge in [0.15, 0.2) is 0 Å². The van der Waals surface area contributed by atoms with Crippen molar-refractivity contribution in [1.29, 1.82) is 0 Å². The molecule has 2 aliphatic carbocycles. The minimum absolute atomic E-state index is 0.127. The Morgan fingerprint density at radius 2 is 2.20 bits per heavy atom. The van der Waals surface area contributed by atoms with E-state index in [1.807, 2.05) is 6.08 Å². The number of esters is 1. The van der Waals surface area contributed by atoms with Crippen LogP contribution in [0.2, 0.25) is 0 Å². The van der Waals surface area contributed by atoms with E-state index in [2.05, 4.69) is 6.58 Å². The topological polar surface area (TPSA) is 76.0 Å². The lowest BCUT2D eigenvalue weighted by atomic mass is 9.78. The first-order valence-corrected chi connectivity index (χ1v) is 6.94. The second-order valence-electron chi connectivity index (χ2n) is 6.61. The molecule has 0 spiro atoms. The van der Waals surface area contributed by atoms with Gasteiger partial charge in [0, 0.05) is 23.8 Å². The average molecular weight is 280 g/mol. The summed E-state index contributed by atoms with van der Waals surface area (Å²) in [4.78, 5) is 16.4. The fourth-order valence-corrected chi connectivity index (χ4v) is 3.90. The van der Waals surface area contributed by atoms with Crippen LogP contribution in [0, 0.1) is 11.8 Å².